The van der Waals surface area contributed by atoms with Gasteiger partial charge in [-0.25, -0.2) is 9.97 Å². The maximum Gasteiger partial charge on any atom is 0.160 e. The van der Waals surface area contributed by atoms with Crippen LogP contribution < -0.4 is 0 Å². The van der Waals surface area contributed by atoms with Crippen molar-refractivity contribution >= 4 is 53.4 Å². The van der Waals surface area contributed by atoms with E-state index in [1.54, 1.807) is 0 Å². The van der Waals surface area contributed by atoms with Gasteiger partial charge in [-0.1, -0.05) is 127 Å². The van der Waals surface area contributed by atoms with E-state index in [1.807, 2.05) is 41.7 Å². The first-order valence-corrected chi connectivity index (χ1v) is 19.6. The van der Waals surface area contributed by atoms with Crippen molar-refractivity contribution < 1.29 is 4.42 Å². The Kier molecular flexibility index (Phi) is 7.68. The second-order valence-corrected chi connectivity index (χ2v) is 15.3. The molecule has 0 saturated carbocycles. The van der Waals surface area contributed by atoms with E-state index in [0.717, 1.165) is 77.8 Å². The van der Waals surface area contributed by atoms with Crippen LogP contribution in [0.3, 0.4) is 0 Å². The molecule has 3 aromatic heterocycles. The monoisotopic (exact) mass is 732 g/mol. The van der Waals surface area contributed by atoms with Gasteiger partial charge in [-0.15, -0.1) is 11.3 Å². The predicted octanol–water partition coefficient (Wildman–Crippen LogP) is 14.7. The molecular formula is C52H32N2OS. The molecule has 0 aliphatic carbocycles. The van der Waals surface area contributed by atoms with Gasteiger partial charge in [0.25, 0.3) is 0 Å². The van der Waals surface area contributed by atoms with Crippen molar-refractivity contribution in [1.82, 2.24) is 9.97 Å². The van der Waals surface area contributed by atoms with Crippen LogP contribution in [0.4, 0.5) is 0 Å². The molecule has 0 unspecified atom stereocenters. The van der Waals surface area contributed by atoms with Gasteiger partial charge < -0.3 is 4.42 Å². The third-order valence-electron chi connectivity index (χ3n) is 10.7. The van der Waals surface area contributed by atoms with Gasteiger partial charge in [0.05, 0.1) is 11.4 Å². The zero-order chi connectivity index (χ0) is 37.0. The van der Waals surface area contributed by atoms with Gasteiger partial charge in [0.2, 0.25) is 0 Å². The highest BCUT2D eigenvalue weighted by atomic mass is 32.1. The van der Waals surface area contributed by atoms with E-state index in [9.17, 15) is 0 Å². The van der Waals surface area contributed by atoms with Crippen molar-refractivity contribution in [2.75, 3.05) is 0 Å². The molecule has 11 rings (SSSR count). The standard InChI is InChI=1S/C52H32N2OS/c1-3-12-33(13-4-1)39-27-40(37-23-25-51-45(31-37)43-19-8-10-21-50(43)56-51)29-41(28-39)47-32-46(53-52(54-47)34-14-5-2-6-15-34)38-17-11-16-35(26-38)36-22-24-49-44(30-36)42-18-7-9-20-48(42)55-49/h1-32H. The van der Waals surface area contributed by atoms with E-state index in [0.29, 0.717) is 5.82 Å². The minimum Gasteiger partial charge on any atom is -0.456 e. The topological polar surface area (TPSA) is 38.9 Å². The second-order valence-electron chi connectivity index (χ2n) is 14.2. The molecule has 0 aliphatic rings. The third-order valence-corrected chi connectivity index (χ3v) is 11.8. The highest BCUT2D eigenvalue weighted by Crippen LogP contribution is 2.40. The van der Waals surface area contributed by atoms with Gasteiger partial charge in [-0.2, -0.15) is 0 Å². The van der Waals surface area contributed by atoms with Crippen LogP contribution in [0.2, 0.25) is 0 Å². The van der Waals surface area contributed by atoms with Crippen LogP contribution in [0.1, 0.15) is 0 Å². The Morgan fingerprint density at radius 3 is 1.68 bits per heavy atom. The number of furan rings is 1. The van der Waals surface area contributed by atoms with Gasteiger partial charge >= 0.3 is 0 Å². The zero-order valence-corrected chi connectivity index (χ0v) is 31.0. The van der Waals surface area contributed by atoms with Gasteiger partial charge in [0, 0.05) is 47.6 Å². The molecule has 0 fully saturated rings. The Bertz CT molecular complexity index is 3250. The van der Waals surface area contributed by atoms with Crippen molar-refractivity contribution in [2.24, 2.45) is 0 Å². The summed E-state index contributed by atoms with van der Waals surface area (Å²) < 4.78 is 8.74. The summed E-state index contributed by atoms with van der Waals surface area (Å²) >= 11 is 1.84. The molecule has 11 aromatic rings. The molecule has 3 nitrogen and oxygen atoms in total. The summed E-state index contributed by atoms with van der Waals surface area (Å²) in [7, 11) is 0. The van der Waals surface area contributed by atoms with Crippen molar-refractivity contribution in [2.45, 2.75) is 0 Å². The lowest BCUT2D eigenvalue weighted by Crippen LogP contribution is -1.97. The van der Waals surface area contributed by atoms with Crippen LogP contribution in [-0.4, -0.2) is 9.97 Å². The molecule has 0 saturated heterocycles. The summed E-state index contributed by atoms with van der Waals surface area (Å²) in [6.07, 6.45) is 0. The normalized spacial score (nSPS) is 11.6. The molecule has 0 aliphatic heterocycles. The lowest BCUT2D eigenvalue weighted by Gasteiger charge is -2.14. The Balaban J connectivity index is 1.08. The molecule has 0 bridgehead atoms. The van der Waals surface area contributed by atoms with Crippen molar-refractivity contribution in [3.05, 3.63) is 194 Å². The largest absolute Gasteiger partial charge is 0.456 e. The quantitative estimate of drug-likeness (QED) is 0.171. The Hall–Kier alpha value is -7.14. The molecule has 0 radical (unpaired) electrons. The van der Waals surface area contributed by atoms with Gasteiger partial charge in [-0.3, -0.25) is 0 Å². The molecule has 0 spiro atoms. The number of para-hydroxylation sites is 1. The molecule has 262 valence electrons. The summed E-state index contributed by atoms with van der Waals surface area (Å²) in [5.41, 5.74) is 13.4. The zero-order valence-electron chi connectivity index (χ0n) is 30.2. The lowest BCUT2D eigenvalue weighted by atomic mass is 9.93. The number of hydrogen-bond acceptors (Lipinski definition) is 4. The van der Waals surface area contributed by atoms with Gasteiger partial charge in [-0.05, 0) is 100 Å². The predicted molar refractivity (Wildman–Crippen MR) is 235 cm³/mol. The molecule has 4 heteroatoms. The van der Waals surface area contributed by atoms with E-state index in [1.165, 1.54) is 25.7 Å². The average Bonchev–Trinajstić information content (AvgIpc) is 3.84. The number of thiophene rings is 1. The van der Waals surface area contributed by atoms with Crippen LogP contribution in [0.5, 0.6) is 0 Å². The number of rotatable bonds is 6. The van der Waals surface area contributed by atoms with Gasteiger partial charge in [0.1, 0.15) is 11.2 Å². The first-order valence-electron chi connectivity index (χ1n) is 18.8. The fourth-order valence-corrected chi connectivity index (χ4v) is 8.95. The first kappa shape index (κ1) is 32.3. The second kappa shape index (κ2) is 13.3. The van der Waals surface area contributed by atoms with Crippen LogP contribution in [0, 0.1) is 0 Å². The number of aromatic nitrogens is 2. The summed E-state index contributed by atoms with van der Waals surface area (Å²) in [6, 6.07) is 68.7. The van der Waals surface area contributed by atoms with E-state index in [4.69, 9.17) is 14.4 Å². The van der Waals surface area contributed by atoms with Crippen LogP contribution in [0.25, 0.3) is 109 Å². The van der Waals surface area contributed by atoms with Crippen molar-refractivity contribution in [1.29, 1.82) is 0 Å². The molecule has 0 N–H and O–H groups in total. The maximum atomic E-state index is 6.14. The Morgan fingerprint density at radius 1 is 0.304 bits per heavy atom. The van der Waals surface area contributed by atoms with E-state index in [2.05, 4.69) is 164 Å². The van der Waals surface area contributed by atoms with Crippen molar-refractivity contribution in [3.8, 4) is 67.3 Å². The first-order chi connectivity index (χ1) is 27.7. The van der Waals surface area contributed by atoms with Gasteiger partial charge in [0.15, 0.2) is 5.82 Å². The van der Waals surface area contributed by atoms with Crippen LogP contribution in [-0.2, 0) is 0 Å². The minimum absolute atomic E-state index is 0.688. The summed E-state index contributed by atoms with van der Waals surface area (Å²) in [6.45, 7) is 0. The van der Waals surface area contributed by atoms with Crippen molar-refractivity contribution in [3.63, 3.8) is 0 Å². The number of fused-ring (bicyclic) bond motifs is 6. The molecule has 0 amide bonds. The number of nitrogens with zero attached hydrogens (tertiary/aromatic N) is 2. The van der Waals surface area contributed by atoms with E-state index < -0.39 is 0 Å². The van der Waals surface area contributed by atoms with Crippen LogP contribution >= 0.6 is 11.3 Å². The highest BCUT2D eigenvalue weighted by molar-refractivity contribution is 7.25. The number of hydrogen-bond donors (Lipinski definition) is 0. The number of benzene rings is 8. The Labute approximate surface area is 327 Å². The average molecular weight is 733 g/mol. The van der Waals surface area contributed by atoms with Crippen LogP contribution in [0.15, 0.2) is 199 Å². The summed E-state index contributed by atoms with van der Waals surface area (Å²) in [4.78, 5) is 10.5. The molecular weight excluding hydrogens is 701 g/mol. The van der Waals surface area contributed by atoms with E-state index >= 15 is 0 Å². The summed E-state index contributed by atoms with van der Waals surface area (Å²) in [5, 5.41) is 4.81. The minimum atomic E-state index is 0.688. The molecule has 3 heterocycles. The lowest BCUT2D eigenvalue weighted by molar-refractivity contribution is 0.669. The molecule has 56 heavy (non-hydrogen) atoms. The fraction of sp³-hybridized carbons (Fsp3) is 0. The maximum absolute atomic E-state index is 6.14. The molecule has 0 atom stereocenters. The molecule has 8 aromatic carbocycles. The fourth-order valence-electron chi connectivity index (χ4n) is 7.87. The Morgan fingerprint density at radius 2 is 0.839 bits per heavy atom. The SMILES string of the molecule is c1ccc(-c2cc(-c3ccc4sc5ccccc5c4c3)cc(-c3cc(-c4cccc(-c5ccc6oc7ccccc7c6c5)c4)nc(-c4ccccc4)n3)c2)cc1. The summed E-state index contributed by atoms with van der Waals surface area (Å²) in [5.74, 6) is 0.688. The van der Waals surface area contributed by atoms with E-state index in [-0.39, 0.29) is 0 Å². The third kappa shape index (κ3) is 5.76. The smallest absolute Gasteiger partial charge is 0.160 e. The highest BCUT2D eigenvalue weighted by Gasteiger charge is 2.16.